The zero-order valence-electron chi connectivity index (χ0n) is 12.6. The first-order chi connectivity index (χ1) is 10.0. The normalized spacial score (nSPS) is 11.9. The monoisotopic (exact) mass is 293 g/mol. The third-order valence-electron chi connectivity index (χ3n) is 3.15. The quantitative estimate of drug-likeness (QED) is 0.685. The number of unbranched alkanes of at least 4 members (excludes halogenated alkanes) is 1. The molecule has 0 saturated carbocycles. The fraction of sp³-hybridized carbons (Fsp3) is 0.500. The molecule has 1 rings (SSSR count). The number of aromatic carboxylic acids is 1. The van der Waals surface area contributed by atoms with Gasteiger partial charge < -0.3 is 15.2 Å². The molecular weight excluding hydrogens is 270 g/mol. The maximum Gasteiger partial charge on any atom is 0.335 e. The summed E-state index contributed by atoms with van der Waals surface area (Å²) in [5, 5.41) is 11.6. The molecule has 0 radical (unpaired) electrons. The Balaban J connectivity index is 2.29. The number of carboxylic acids is 1. The molecule has 116 valence electrons. The van der Waals surface area contributed by atoms with Crippen LogP contribution in [-0.2, 0) is 16.0 Å². The van der Waals surface area contributed by atoms with E-state index in [1.807, 2.05) is 0 Å². The smallest absolute Gasteiger partial charge is 0.335 e. The summed E-state index contributed by atoms with van der Waals surface area (Å²) in [4.78, 5) is 22.5. The zero-order valence-corrected chi connectivity index (χ0v) is 12.6. The maximum absolute atomic E-state index is 11.8. The predicted molar refractivity (Wildman–Crippen MR) is 80.4 cm³/mol. The van der Waals surface area contributed by atoms with Crippen LogP contribution in [-0.4, -0.2) is 36.2 Å². The van der Waals surface area contributed by atoms with Crippen molar-refractivity contribution in [3.05, 3.63) is 35.4 Å². The number of nitrogens with one attached hydrogen (secondary N) is 1. The lowest BCUT2D eigenvalue weighted by Crippen LogP contribution is -2.35. The van der Waals surface area contributed by atoms with Crippen LogP contribution in [0.1, 0.15) is 42.6 Å². The van der Waals surface area contributed by atoms with Gasteiger partial charge >= 0.3 is 5.97 Å². The molecule has 1 amide bonds. The van der Waals surface area contributed by atoms with Gasteiger partial charge in [0.1, 0.15) is 6.10 Å². The van der Waals surface area contributed by atoms with Gasteiger partial charge in [-0.05, 0) is 37.5 Å². The van der Waals surface area contributed by atoms with Gasteiger partial charge in [0.05, 0.1) is 5.56 Å². The molecule has 5 nitrogen and oxygen atoms in total. The van der Waals surface area contributed by atoms with Gasteiger partial charge in [0.15, 0.2) is 0 Å². The summed E-state index contributed by atoms with van der Waals surface area (Å²) >= 11 is 0. The first-order valence-electron chi connectivity index (χ1n) is 7.26. The fourth-order valence-corrected chi connectivity index (χ4v) is 1.77. The molecule has 0 aliphatic heterocycles. The van der Waals surface area contributed by atoms with E-state index in [0.29, 0.717) is 19.6 Å². The second kappa shape index (κ2) is 9.13. The highest BCUT2D eigenvalue weighted by molar-refractivity contribution is 5.87. The minimum atomic E-state index is -0.937. The van der Waals surface area contributed by atoms with Crippen LogP contribution in [0, 0.1) is 0 Å². The standard InChI is InChI=1S/C16H23NO4/c1-3-4-11-21-12(2)15(18)17-10-9-13-5-7-14(8-6-13)16(19)20/h5-8,12H,3-4,9-11H2,1-2H3,(H,17,18)(H,19,20). The summed E-state index contributed by atoms with van der Waals surface area (Å²) < 4.78 is 5.41. The molecule has 1 aromatic rings. The minimum absolute atomic E-state index is 0.117. The molecule has 0 aliphatic rings. The van der Waals surface area contributed by atoms with Crippen LogP contribution in [0.25, 0.3) is 0 Å². The number of ether oxygens (including phenoxy) is 1. The van der Waals surface area contributed by atoms with Gasteiger partial charge in [-0.2, -0.15) is 0 Å². The van der Waals surface area contributed by atoms with E-state index in [9.17, 15) is 9.59 Å². The first kappa shape index (κ1) is 17.2. The average molecular weight is 293 g/mol. The molecule has 2 N–H and O–H groups in total. The van der Waals surface area contributed by atoms with Gasteiger partial charge in [-0.3, -0.25) is 4.79 Å². The lowest BCUT2D eigenvalue weighted by Gasteiger charge is -2.13. The molecule has 21 heavy (non-hydrogen) atoms. The molecule has 0 aromatic heterocycles. The summed E-state index contributed by atoms with van der Waals surface area (Å²) in [5.74, 6) is -1.05. The van der Waals surface area contributed by atoms with E-state index in [1.54, 1.807) is 31.2 Å². The van der Waals surface area contributed by atoms with E-state index < -0.39 is 12.1 Å². The Bertz CT molecular complexity index is 456. The zero-order chi connectivity index (χ0) is 15.7. The summed E-state index contributed by atoms with van der Waals surface area (Å²) in [6.07, 6.45) is 2.22. The average Bonchev–Trinajstić information content (AvgIpc) is 2.47. The third kappa shape index (κ3) is 6.40. The van der Waals surface area contributed by atoms with Gasteiger partial charge in [0, 0.05) is 13.2 Å². The molecule has 1 atom stereocenters. The van der Waals surface area contributed by atoms with Crippen molar-refractivity contribution in [3.63, 3.8) is 0 Å². The summed E-state index contributed by atoms with van der Waals surface area (Å²) in [5.41, 5.74) is 1.25. The Morgan fingerprint density at radius 2 is 1.95 bits per heavy atom. The van der Waals surface area contributed by atoms with Crippen molar-refractivity contribution in [2.45, 2.75) is 39.2 Å². The van der Waals surface area contributed by atoms with E-state index in [2.05, 4.69) is 12.2 Å². The van der Waals surface area contributed by atoms with Crippen LogP contribution < -0.4 is 5.32 Å². The Morgan fingerprint density at radius 3 is 2.52 bits per heavy atom. The predicted octanol–water partition coefficient (Wildman–Crippen LogP) is 2.25. The Kier molecular flexibility index (Phi) is 7.46. The largest absolute Gasteiger partial charge is 0.478 e. The molecule has 0 aliphatic carbocycles. The van der Waals surface area contributed by atoms with Crippen molar-refractivity contribution in [2.75, 3.05) is 13.2 Å². The Hall–Kier alpha value is -1.88. The van der Waals surface area contributed by atoms with Crippen LogP contribution in [0.3, 0.4) is 0 Å². The van der Waals surface area contributed by atoms with Crippen molar-refractivity contribution in [1.29, 1.82) is 0 Å². The number of carbonyl (C=O) groups is 2. The van der Waals surface area contributed by atoms with Gasteiger partial charge in [0.25, 0.3) is 0 Å². The molecule has 0 bridgehead atoms. The third-order valence-corrected chi connectivity index (χ3v) is 3.15. The van der Waals surface area contributed by atoms with Crippen LogP contribution in [0.2, 0.25) is 0 Å². The minimum Gasteiger partial charge on any atom is -0.478 e. The van der Waals surface area contributed by atoms with Gasteiger partial charge in [-0.1, -0.05) is 25.5 Å². The van der Waals surface area contributed by atoms with Crippen LogP contribution in [0.15, 0.2) is 24.3 Å². The van der Waals surface area contributed by atoms with Gasteiger partial charge in [0.2, 0.25) is 5.91 Å². The highest BCUT2D eigenvalue weighted by Crippen LogP contribution is 2.05. The van der Waals surface area contributed by atoms with E-state index in [1.165, 1.54) is 0 Å². The van der Waals surface area contributed by atoms with E-state index in [0.717, 1.165) is 18.4 Å². The van der Waals surface area contributed by atoms with Crippen molar-refractivity contribution < 1.29 is 19.4 Å². The summed E-state index contributed by atoms with van der Waals surface area (Å²) in [6, 6.07) is 6.65. The lowest BCUT2D eigenvalue weighted by atomic mass is 10.1. The lowest BCUT2D eigenvalue weighted by molar-refractivity contribution is -0.131. The number of benzene rings is 1. The van der Waals surface area contributed by atoms with Gasteiger partial charge in [-0.25, -0.2) is 4.79 Å². The molecule has 5 heteroatoms. The van der Waals surface area contributed by atoms with Crippen LogP contribution in [0.5, 0.6) is 0 Å². The molecule has 0 saturated heterocycles. The number of hydrogen-bond acceptors (Lipinski definition) is 3. The van der Waals surface area contributed by atoms with E-state index >= 15 is 0 Å². The van der Waals surface area contributed by atoms with Crippen molar-refractivity contribution >= 4 is 11.9 Å². The number of carboxylic acid groups (broad SMARTS) is 1. The first-order valence-corrected chi connectivity index (χ1v) is 7.26. The van der Waals surface area contributed by atoms with Gasteiger partial charge in [-0.15, -0.1) is 0 Å². The molecule has 1 unspecified atom stereocenters. The second-order valence-corrected chi connectivity index (χ2v) is 4.91. The highest BCUT2D eigenvalue weighted by Gasteiger charge is 2.12. The second-order valence-electron chi connectivity index (χ2n) is 4.91. The highest BCUT2D eigenvalue weighted by atomic mass is 16.5. The van der Waals surface area contributed by atoms with Crippen molar-refractivity contribution in [3.8, 4) is 0 Å². The van der Waals surface area contributed by atoms with Crippen molar-refractivity contribution in [1.82, 2.24) is 5.32 Å². The molecule has 1 aromatic carbocycles. The summed E-state index contributed by atoms with van der Waals surface area (Å²) in [7, 11) is 0. The molecular formula is C16H23NO4. The topological polar surface area (TPSA) is 75.6 Å². The SMILES string of the molecule is CCCCOC(C)C(=O)NCCc1ccc(C(=O)O)cc1. The number of rotatable bonds is 9. The maximum atomic E-state index is 11.8. The number of amides is 1. The fourth-order valence-electron chi connectivity index (χ4n) is 1.77. The Labute approximate surface area is 125 Å². The molecule has 0 spiro atoms. The number of hydrogen-bond donors (Lipinski definition) is 2. The number of carbonyl (C=O) groups excluding carboxylic acids is 1. The van der Waals surface area contributed by atoms with Crippen LogP contribution in [0.4, 0.5) is 0 Å². The van der Waals surface area contributed by atoms with Crippen molar-refractivity contribution in [2.24, 2.45) is 0 Å². The molecule has 0 heterocycles. The Morgan fingerprint density at radius 1 is 1.29 bits per heavy atom. The summed E-state index contributed by atoms with van der Waals surface area (Å²) in [6.45, 7) is 4.92. The molecule has 0 fully saturated rings. The van der Waals surface area contributed by atoms with E-state index in [4.69, 9.17) is 9.84 Å². The van der Waals surface area contributed by atoms with Crippen LogP contribution >= 0.6 is 0 Å². The van der Waals surface area contributed by atoms with E-state index in [-0.39, 0.29) is 11.5 Å².